The van der Waals surface area contributed by atoms with Gasteiger partial charge in [0.05, 0.1) is 12.0 Å². The number of nitrogens with zero attached hydrogens (tertiary/aromatic N) is 3. The summed E-state index contributed by atoms with van der Waals surface area (Å²) >= 11 is 10.2. The first-order valence-corrected chi connectivity index (χ1v) is 11.2. The lowest BCUT2D eigenvalue weighted by atomic mass is 10.2. The fourth-order valence-electron chi connectivity index (χ4n) is 1.98. The highest BCUT2D eigenvalue weighted by Crippen LogP contribution is 2.30. The number of aromatic hydroxyl groups is 1. The number of amides is 1. The van der Waals surface area contributed by atoms with Gasteiger partial charge in [0, 0.05) is 10.8 Å². The second kappa shape index (κ2) is 10.5. The maximum atomic E-state index is 11.9. The third kappa shape index (κ3) is 6.83. The van der Waals surface area contributed by atoms with Crippen LogP contribution in [-0.2, 0) is 10.5 Å². The van der Waals surface area contributed by atoms with Gasteiger partial charge in [-0.05, 0) is 35.4 Å². The van der Waals surface area contributed by atoms with Gasteiger partial charge in [0.25, 0.3) is 5.91 Å². The average molecular weight is 451 g/mol. The van der Waals surface area contributed by atoms with Crippen LogP contribution in [0.2, 0.25) is 5.02 Å². The number of hydrazone groups is 1. The molecule has 2 aromatic carbocycles. The van der Waals surface area contributed by atoms with Gasteiger partial charge < -0.3 is 5.11 Å². The Morgan fingerprint density at radius 1 is 1.18 bits per heavy atom. The van der Waals surface area contributed by atoms with Gasteiger partial charge in [-0.1, -0.05) is 70.7 Å². The molecule has 0 aliphatic carbocycles. The van der Waals surface area contributed by atoms with Crippen LogP contribution in [0.1, 0.15) is 11.1 Å². The molecule has 0 saturated carbocycles. The van der Waals surface area contributed by atoms with Crippen molar-refractivity contribution < 1.29 is 9.90 Å². The Labute approximate surface area is 179 Å². The van der Waals surface area contributed by atoms with E-state index in [1.807, 2.05) is 24.3 Å². The van der Waals surface area contributed by atoms with Crippen molar-refractivity contribution >= 4 is 58.6 Å². The number of phenolic OH excluding ortho intramolecular Hbond substituents is 1. The summed E-state index contributed by atoms with van der Waals surface area (Å²) in [6.07, 6.45) is 1.47. The van der Waals surface area contributed by atoms with Crippen LogP contribution in [0.3, 0.4) is 0 Å². The summed E-state index contributed by atoms with van der Waals surface area (Å²) in [5.74, 6) is 0.869. The lowest BCUT2D eigenvalue weighted by Crippen LogP contribution is -2.19. The van der Waals surface area contributed by atoms with Crippen molar-refractivity contribution in [3.8, 4) is 5.75 Å². The summed E-state index contributed by atoms with van der Waals surface area (Å²) in [4.78, 5) is 11.9. The fourth-order valence-corrected chi connectivity index (χ4v) is 4.88. The number of aromatic nitrogens is 2. The fraction of sp³-hybridized carbons (Fsp3) is 0.111. The quantitative estimate of drug-likeness (QED) is 0.300. The number of hydrogen-bond donors (Lipinski definition) is 2. The molecule has 6 nitrogen and oxygen atoms in total. The summed E-state index contributed by atoms with van der Waals surface area (Å²) in [7, 11) is 0. The summed E-state index contributed by atoms with van der Waals surface area (Å²) in [6.45, 7) is 0. The van der Waals surface area contributed by atoms with E-state index in [0.29, 0.717) is 10.6 Å². The van der Waals surface area contributed by atoms with Crippen LogP contribution in [0.15, 0.2) is 62.3 Å². The normalized spacial score (nSPS) is 11.0. The number of nitrogens with one attached hydrogen (secondary N) is 1. The van der Waals surface area contributed by atoms with E-state index >= 15 is 0 Å². The molecule has 3 rings (SSSR count). The van der Waals surface area contributed by atoms with Crippen LogP contribution in [0.4, 0.5) is 0 Å². The average Bonchev–Trinajstić information content (AvgIpc) is 3.14. The molecule has 0 aliphatic heterocycles. The van der Waals surface area contributed by atoms with Crippen molar-refractivity contribution in [3.05, 3.63) is 64.7 Å². The van der Waals surface area contributed by atoms with E-state index in [-0.39, 0.29) is 17.4 Å². The molecule has 0 saturated heterocycles. The number of hydrogen-bond acceptors (Lipinski definition) is 8. The van der Waals surface area contributed by atoms with Crippen LogP contribution < -0.4 is 5.43 Å². The highest BCUT2D eigenvalue weighted by Gasteiger charge is 2.08. The Kier molecular flexibility index (Phi) is 7.72. The number of rotatable bonds is 8. The smallest absolute Gasteiger partial charge is 0.250 e. The van der Waals surface area contributed by atoms with Gasteiger partial charge in [-0.2, -0.15) is 5.10 Å². The number of carbonyl (C=O) groups excluding carboxylic acids is 1. The molecule has 0 atom stereocenters. The lowest BCUT2D eigenvalue weighted by Gasteiger charge is -1.98. The minimum absolute atomic E-state index is 0.145. The number of halogens is 1. The molecular weight excluding hydrogens is 436 g/mol. The van der Waals surface area contributed by atoms with E-state index in [4.69, 9.17) is 11.6 Å². The van der Waals surface area contributed by atoms with Crippen LogP contribution >= 0.6 is 46.5 Å². The maximum Gasteiger partial charge on any atom is 0.250 e. The Morgan fingerprint density at radius 2 is 1.93 bits per heavy atom. The van der Waals surface area contributed by atoms with Crippen molar-refractivity contribution in [2.75, 3.05) is 5.75 Å². The molecule has 0 spiro atoms. The zero-order valence-corrected chi connectivity index (χ0v) is 17.6. The molecule has 0 bridgehead atoms. The van der Waals surface area contributed by atoms with Gasteiger partial charge in [-0.15, -0.1) is 10.2 Å². The van der Waals surface area contributed by atoms with Crippen LogP contribution in [0.25, 0.3) is 0 Å². The predicted molar refractivity (Wildman–Crippen MR) is 115 cm³/mol. The summed E-state index contributed by atoms with van der Waals surface area (Å²) in [5.41, 5.74) is 4.30. The summed E-state index contributed by atoms with van der Waals surface area (Å²) < 4.78 is 1.57. The molecule has 0 fully saturated rings. The molecule has 28 heavy (non-hydrogen) atoms. The highest BCUT2D eigenvalue weighted by molar-refractivity contribution is 8.03. The molecule has 1 aromatic heterocycles. The number of benzene rings is 2. The second-order valence-corrected chi connectivity index (χ2v) is 9.28. The summed E-state index contributed by atoms with van der Waals surface area (Å²) in [6, 6.07) is 14.3. The van der Waals surface area contributed by atoms with Crippen LogP contribution in [-0.4, -0.2) is 33.2 Å². The minimum atomic E-state index is -0.244. The third-order valence-corrected chi connectivity index (χ3v) is 6.78. The molecule has 0 unspecified atom stereocenters. The lowest BCUT2D eigenvalue weighted by molar-refractivity contribution is -0.118. The Hall–Kier alpha value is -2.07. The van der Waals surface area contributed by atoms with E-state index < -0.39 is 0 Å². The Bertz CT molecular complexity index is 963. The standard InChI is InChI=1S/C18H15ClN4O2S3/c19-14-6-4-12(5-7-14)10-26-17-22-23-18(28-17)27-11-16(25)21-20-9-13-2-1-3-15(24)8-13/h1-9,24H,10-11H2,(H,21,25)/b20-9+. The van der Waals surface area contributed by atoms with Crippen LogP contribution in [0, 0.1) is 0 Å². The first kappa shape index (κ1) is 20.7. The van der Waals surface area contributed by atoms with Crippen molar-refractivity contribution in [1.29, 1.82) is 0 Å². The van der Waals surface area contributed by atoms with E-state index in [9.17, 15) is 9.90 Å². The SMILES string of the molecule is O=C(CSc1nnc(SCc2ccc(Cl)cc2)s1)N/N=C/c1cccc(O)c1. The zero-order chi connectivity index (χ0) is 19.8. The molecule has 10 heteroatoms. The van der Waals surface area contributed by atoms with Crippen molar-refractivity contribution in [2.24, 2.45) is 5.10 Å². The molecular formula is C18H15ClN4O2S3. The highest BCUT2D eigenvalue weighted by atomic mass is 35.5. The largest absolute Gasteiger partial charge is 0.508 e. The topological polar surface area (TPSA) is 87.5 Å². The molecule has 2 N–H and O–H groups in total. The Morgan fingerprint density at radius 3 is 2.68 bits per heavy atom. The monoisotopic (exact) mass is 450 g/mol. The molecule has 144 valence electrons. The first-order valence-electron chi connectivity index (χ1n) is 8.03. The third-order valence-electron chi connectivity index (χ3n) is 3.26. The maximum absolute atomic E-state index is 11.9. The number of thioether (sulfide) groups is 2. The van der Waals surface area contributed by atoms with Crippen LogP contribution in [0.5, 0.6) is 5.75 Å². The molecule has 1 amide bonds. The molecule has 3 aromatic rings. The molecule has 0 aliphatic rings. The number of carbonyl (C=O) groups is 1. The minimum Gasteiger partial charge on any atom is -0.508 e. The second-order valence-electron chi connectivity index (χ2n) is 5.43. The van der Waals surface area contributed by atoms with E-state index in [0.717, 1.165) is 20.0 Å². The molecule has 1 heterocycles. The van der Waals surface area contributed by atoms with Crippen molar-refractivity contribution in [1.82, 2.24) is 15.6 Å². The van der Waals surface area contributed by atoms with Crippen molar-refractivity contribution in [2.45, 2.75) is 14.4 Å². The van der Waals surface area contributed by atoms with Gasteiger partial charge in [0.15, 0.2) is 8.68 Å². The van der Waals surface area contributed by atoms with E-state index in [1.165, 1.54) is 29.3 Å². The number of phenols is 1. The van der Waals surface area contributed by atoms with E-state index in [1.54, 1.807) is 36.0 Å². The van der Waals surface area contributed by atoms with Gasteiger partial charge in [-0.25, -0.2) is 5.43 Å². The summed E-state index contributed by atoms with van der Waals surface area (Å²) in [5, 5.41) is 22.2. The first-order chi connectivity index (χ1) is 13.6. The molecule has 0 radical (unpaired) electrons. The van der Waals surface area contributed by atoms with Gasteiger partial charge >= 0.3 is 0 Å². The van der Waals surface area contributed by atoms with E-state index in [2.05, 4.69) is 20.7 Å². The van der Waals surface area contributed by atoms with Gasteiger partial charge in [0.2, 0.25) is 0 Å². The predicted octanol–water partition coefficient (Wildman–Crippen LogP) is 4.43. The Balaban J connectivity index is 1.41. The van der Waals surface area contributed by atoms with Gasteiger partial charge in [-0.3, -0.25) is 4.79 Å². The zero-order valence-electron chi connectivity index (χ0n) is 14.4. The van der Waals surface area contributed by atoms with Gasteiger partial charge in [0.1, 0.15) is 5.75 Å². The van der Waals surface area contributed by atoms with Crippen molar-refractivity contribution in [3.63, 3.8) is 0 Å².